The van der Waals surface area contributed by atoms with Gasteiger partial charge in [-0.25, -0.2) is 0 Å². The second-order valence-corrected chi connectivity index (χ2v) is 6.90. The van der Waals surface area contributed by atoms with Crippen molar-refractivity contribution in [3.05, 3.63) is 51.7 Å². The lowest BCUT2D eigenvalue weighted by atomic mass is 9.90. The van der Waals surface area contributed by atoms with Crippen LogP contribution in [0.15, 0.2) is 40.7 Å². The summed E-state index contributed by atoms with van der Waals surface area (Å²) in [5, 5.41) is 5.41. The van der Waals surface area contributed by atoms with E-state index in [-0.39, 0.29) is 0 Å². The highest BCUT2D eigenvalue weighted by molar-refractivity contribution is 7.10. The Morgan fingerprint density at radius 1 is 1.27 bits per heavy atom. The minimum absolute atomic E-state index is 0.407. The highest BCUT2D eigenvalue weighted by Gasteiger charge is 2.13. The van der Waals surface area contributed by atoms with Crippen molar-refractivity contribution >= 4 is 23.0 Å². The number of nitrogens with one attached hydrogen (secondary N) is 1. The van der Waals surface area contributed by atoms with Gasteiger partial charge in [-0.3, -0.25) is 4.99 Å². The third-order valence-corrected chi connectivity index (χ3v) is 5.33. The molecular weight excluding hydrogens is 290 g/mol. The van der Waals surface area contributed by atoms with Crippen LogP contribution in [-0.2, 0) is 12.8 Å². The van der Waals surface area contributed by atoms with Crippen molar-refractivity contribution in [1.82, 2.24) is 0 Å². The number of aryl methyl sites for hydroxylation is 1. The standard InChI is InChI=1S/C18H23N3S/c1-13(17-10-5-11-22-17)12-20-18(19)21-16-9-4-7-14-6-2-3-8-15(14)16/h4-5,7,9-11,13H,2-3,6,8,12H2,1H3,(H3,19,20,21). The van der Waals surface area contributed by atoms with Crippen LogP contribution in [0.3, 0.4) is 0 Å². The maximum absolute atomic E-state index is 6.08. The molecule has 1 aromatic heterocycles. The van der Waals surface area contributed by atoms with Gasteiger partial charge in [-0.05, 0) is 54.3 Å². The smallest absolute Gasteiger partial charge is 0.193 e. The Labute approximate surface area is 136 Å². The Hall–Kier alpha value is -1.81. The SMILES string of the molecule is CC(CN=C(N)Nc1cccc2c1CCCC2)c1cccs1. The molecule has 0 amide bonds. The van der Waals surface area contributed by atoms with Crippen LogP contribution in [0.2, 0.25) is 0 Å². The van der Waals surface area contributed by atoms with Gasteiger partial charge >= 0.3 is 0 Å². The number of benzene rings is 1. The summed E-state index contributed by atoms with van der Waals surface area (Å²) in [5.74, 6) is 0.924. The number of nitrogens with two attached hydrogens (primary N) is 1. The van der Waals surface area contributed by atoms with Gasteiger partial charge in [-0.2, -0.15) is 0 Å². The molecule has 2 aromatic rings. The number of nitrogens with zero attached hydrogens (tertiary/aromatic N) is 1. The number of guanidine groups is 1. The molecule has 0 spiro atoms. The zero-order chi connectivity index (χ0) is 15.4. The van der Waals surface area contributed by atoms with Gasteiger partial charge in [0.25, 0.3) is 0 Å². The minimum atomic E-state index is 0.407. The second kappa shape index (κ2) is 6.97. The lowest BCUT2D eigenvalue weighted by molar-refractivity contribution is 0.687. The maximum atomic E-state index is 6.08. The van der Waals surface area contributed by atoms with E-state index in [0.717, 1.165) is 12.1 Å². The van der Waals surface area contributed by atoms with E-state index < -0.39 is 0 Å². The molecule has 1 aromatic carbocycles. The molecule has 1 unspecified atom stereocenters. The molecule has 3 N–H and O–H groups in total. The number of fused-ring (bicyclic) bond motifs is 1. The third-order valence-electron chi connectivity index (χ3n) is 4.22. The van der Waals surface area contributed by atoms with Gasteiger partial charge in [0.15, 0.2) is 5.96 Å². The molecule has 3 nitrogen and oxygen atoms in total. The third kappa shape index (κ3) is 3.50. The van der Waals surface area contributed by atoms with Crippen molar-refractivity contribution in [1.29, 1.82) is 0 Å². The van der Waals surface area contributed by atoms with E-state index in [1.165, 1.54) is 35.3 Å². The van der Waals surface area contributed by atoms with Crippen LogP contribution < -0.4 is 11.1 Å². The predicted octanol–water partition coefficient (Wildman–Crippen LogP) is 4.16. The zero-order valence-corrected chi connectivity index (χ0v) is 13.8. The summed E-state index contributed by atoms with van der Waals surface area (Å²) in [6.45, 7) is 2.90. The fourth-order valence-corrected chi connectivity index (χ4v) is 3.75. The van der Waals surface area contributed by atoms with Crippen LogP contribution in [-0.4, -0.2) is 12.5 Å². The van der Waals surface area contributed by atoms with E-state index >= 15 is 0 Å². The Morgan fingerprint density at radius 3 is 2.95 bits per heavy atom. The van der Waals surface area contributed by atoms with Gasteiger partial charge in [0.05, 0.1) is 6.54 Å². The molecule has 1 aliphatic rings. The van der Waals surface area contributed by atoms with E-state index in [2.05, 4.69) is 52.9 Å². The van der Waals surface area contributed by atoms with Gasteiger partial charge < -0.3 is 11.1 Å². The van der Waals surface area contributed by atoms with E-state index in [0.29, 0.717) is 18.4 Å². The van der Waals surface area contributed by atoms with Crippen LogP contribution in [0.4, 0.5) is 5.69 Å². The van der Waals surface area contributed by atoms with Crippen molar-refractivity contribution in [3.63, 3.8) is 0 Å². The molecular formula is C18H23N3S. The van der Waals surface area contributed by atoms with Gasteiger partial charge in [0.1, 0.15) is 0 Å². The lowest BCUT2D eigenvalue weighted by Gasteiger charge is -2.20. The summed E-state index contributed by atoms with van der Waals surface area (Å²) >= 11 is 1.77. The summed E-state index contributed by atoms with van der Waals surface area (Å²) in [6, 6.07) is 10.7. The van der Waals surface area contributed by atoms with E-state index in [1.54, 1.807) is 11.3 Å². The molecule has 0 saturated heterocycles. The topological polar surface area (TPSA) is 50.4 Å². The van der Waals surface area contributed by atoms with Crippen molar-refractivity contribution in [2.45, 2.75) is 38.5 Å². The maximum Gasteiger partial charge on any atom is 0.193 e. The van der Waals surface area contributed by atoms with Gasteiger partial charge in [-0.15, -0.1) is 11.3 Å². The highest BCUT2D eigenvalue weighted by atomic mass is 32.1. The molecule has 0 radical (unpaired) electrons. The molecule has 1 heterocycles. The Kier molecular flexibility index (Phi) is 4.78. The first-order chi connectivity index (χ1) is 10.7. The zero-order valence-electron chi connectivity index (χ0n) is 13.0. The van der Waals surface area contributed by atoms with Crippen LogP contribution in [0.1, 0.15) is 41.7 Å². The van der Waals surface area contributed by atoms with Crippen molar-refractivity contribution < 1.29 is 0 Å². The van der Waals surface area contributed by atoms with E-state index in [9.17, 15) is 0 Å². The molecule has 0 bridgehead atoms. The first-order valence-corrected chi connectivity index (χ1v) is 8.83. The van der Waals surface area contributed by atoms with Crippen molar-refractivity contribution in [3.8, 4) is 0 Å². The van der Waals surface area contributed by atoms with E-state index in [4.69, 9.17) is 5.73 Å². The number of aliphatic imine (C=N–C) groups is 1. The van der Waals surface area contributed by atoms with Gasteiger partial charge in [0, 0.05) is 16.5 Å². The Balaban J connectivity index is 1.66. The number of anilines is 1. The first-order valence-electron chi connectivity index (χ1n) is 7.95. The number of thiophene rings is 1. The summed E-state index contributed by atoms with van der Waals surface area (Å²) in [5.41, 5.74) is 10.1. The second-order valence-electron chi connectivity index (χ2n) is 5.92. The molecule has 3 rings (SSSR count). The summed E-state index contributed by atoms with van der Waals surface area (Å²) < 4.78 is 0. The molecule has 4 heteroatoms. The fourth-order valence-electron chi connectivity index (χ4n) is 2.97. The first kappa shape index (κ1) is 15.1. The molecule has 0 fully saturated rings. The summed E-state index contributed by atoms with van der Waals surface area (Å²) in [4.78, 5) is 5.87. The van der Waals surface area contributed by atoms with Crippen molar-refractivity contribution in [2.75, 3.05) is 11.9 Å². The lowest BCUT2D eigenvalue weighted by Crippen LogP contribution is -2.24. The Bertz CT molecular complexity index is 646. The molecule has 0 saturated carbocycles. The summed E-state index contributed by atoms with van der Waals surface area (Å²) in [7, 11) is 0. The van der Waals surface area contributed by atoms with Crippen molar-refractivity contribution in [2.24, 2.45) is 10.7 Å². The molecule has 1 atom stereocenters. The largest absolute Gasteiger partial charge is 0.370 e. The minimum Gasteiger partial charge on any atom is -0.370 e. The van der Waals surface area contributed by atoms with Crippen LogP contribution >= 0.6 is 11.3 Å². The molecule has 1 aliphatic carbocycles. The quantitative estimate of drug-likeness (QED) is 0.658. The molecule has 0 aliphatic heterocycles. The predicted molar refractivity (Wildman–Crippen MR) is 95.9 cm³/mol. The number of hydrogen-bond donors (Lipinski definition) is 2. The van der Waals surface area contributed by atoms with Crippen LogP contribution in [0.25, 0.3) is 0 Å². The highest BCUT2D eigenvalue weighted by Crippen LogP contribution is 2.27. The monoisotopic (exact) mass is 313 g/mol. The van der Waals surface area contributed by atoms with Crippen LogP contribution in [0, 0.1) is 0 Å². The molecule has 116 valence electrons. The Morgan fingerprint density at radius 2 is 2.14 bits per heavy atom. The summed E-state index contributed by atoms with van der Waals surface area (Å²) in [6.07, 6.45) is 4.87. The average molecular weight is 313 g/mol. The van der Waals surface area contributed by atoms with Gasteiger partial charge in [-0.1, -0.05) is 25.1 Å². The van der Waals surface area contributed by atoms with Crippen LogP contribution in [0.5, 0.6) is 0 Å². The number of hydrogen-bond acceptors (Lipinski definition) is 2. The number of rotatable bonds is 4. The van der Waals surface area contributed by atoms with Gasteiger partial charge in [0.2, 0.25) is 0 Å². The average Bonchev–Trinajstić information content (AvgIpc) is 3.07. The van der Waals surface area contributed by atoms with E-state index in [1.807, 2.05) is 0 Å². The normalized spacial score (nSPS) is 16.1. The molecule has 22 heavy (non-hydrogen) atoms. The fraction of sp³-hybridized carbons (Fsp3) is 0.389.